The number of hydrogen-bond acceptors (Lipinski definition) is 3. The Kier molecular flexibility index (Phi) is 5.88. The molecule has 0 saturated carbocycles. The quantitative estimate of drug-likeness (QED) is 0.310. The zero-order valence-corrected chi connectivity index (χ0v) is 19.0. The van der Waals surface area contributed by atoms with Crippen molar-refractivity contribution in [3.05, 3.63) is 82.8 Å². The molecule has 0 spiro atoms. The van der Waals surface area contributed by atoms with Crippen molar-refractivity contribution in [2.45, 2.75) is 34.1 Å². The van der Waals surface area contributed by atoms with E-state index in [1.54, 1.807) is 12.4 Å². The maximum Gasteiger partial charge on any atom is 0.181 e. The van der Waals surface area contributed by atoms with Gasteiger partial charge in [0.2, 0.25) is 0 Å². The van der Waals surface area contributed by atoms with Gasteiger partial charge in [0.1, 0.15) is 5.69 Å². The molecule has 0 unspecified atom stereocenters. The number of carbonyl (C=O) groups excluding carboxylic acids is 1. The Morgan fingerprint density at radius 1 is 1.00 bits per heavy atom. The van der Waals surface area contributed by atoms with Crippen molar-refractivity contribution in [2.24, 2.45) is 5.92 Å². The van der Waals surface area contributed by atoms with Crippen LogP contribution in [0.5, 0.6) is 0 Å². The van der Waals surface area contributed by atoms with Crippen LogP contribution in [0.3, 0.4) is 0 Å². The molecule has 0 saturated heterocycles. The van der Waals surface area contributed by atoms with E-state index in [0.29, 0.717) is 17.1 Å². The second kappa shape index (κ2) is 8.60. The summed E-state index contributed by atoms with van der Waals surface area (Å²) in [5, 5.41) is 1.68. The van der Waals surface area contributed by atoms with Gasteiger partial charge in [-0.25, -0.2) is 4.98 Å². The predicted octanol–water partition coefficient (Wildman–Crippen LogP) is 7.46. The van der Waals surface area contributed by atoms with Crippen molar-refractivity contribution in [2.75, 3.05) is 0 Å². The SMILES string of the molecule is Cc1cc2nc(C(=O)CC(C)C)cc(-c3ccccc3Cl)c2c(C)c1-c1ccncc1. The highest BCUT2D eigenvalue weighted by molar-refractivity contribution is 6.33. The van der Waals surface area contributed by atoms with E-state index in [0.717, 1.165) is 44.3 Å². The first-order valence-corrected chi connectivity index (χ1v) is 10.9. The molecule has 0 N–H and O–H groups in total. The minimum atomic E-state index is 0.0544. The Balaban J connectivity index is 2.07. The van der Waals surface area contributed by atoms with Crippen LogP contribution in [0.25, 0.3) is 33.2 Å². The fraction of sp³-hybridized carbons (Fsp3) is 0.222. The van der Waals surface area contributed by atoms with Gasteiger partial charge in [-0.05, 0) is 77.9 Å². The van der Waals surface area contributed by atoms with Crippen molar-refractivity contribution < 1.29 is 4.79 Å². The molecular weight excluding hydrogens is 404 g/mol. The van der Waals surface area contributed by atoms with Gasteiger partial charge >= 0.3 is 0 Å². The molecule has 0 aliphatic carbocycles. The maximum absolute atomic E-state index is 12.9. The van der Waals surface area contributed by atoms with E-state index >= 15 is 0 Å². The molecule has 0 atom stereocenters. The van der Waals surface area contributed by atoms with E-state index in [4.69, 9.17) is 16.6 Å². The van der Waals surface area contributed by atoms with Gasteiger partial charge in [0, 0.05) is 34.8 Å². The van der Waals surface area contributed by atoms with Gasteiger partial charge in [0.25, 0.3) is 0 Å². The molecule has 2 heterocycles. The average molecular weight is 429 g/mol. The standard InChI is InChI=1S/C27H25ClN2O/c1-16(2)13-25(31)23-15-21(20-7-5-6-8-22(20)28)27-18(4)26(17(3)14-24(27)30-23)19-9-11-29-12-10-19/h5-12,14-16H,13H2,1-4H3. The average Bonchev–Trinajstić information content (AvgIpc) is 2.73. The number of rotatable bonds is 5. The smallest absolute Gasteiger partial charge is 0.181 e. The molecule has 2 aromatic heterocycles. The van der Waals surface area contributed by atoms with Gasteiger partial charge in [-0.15, -0.1) is 0 Å². The number of aryl methyl sites for hydroxylation is 2. The van der Waals surface area contributed by atoms with E-state index in [-0.39, 0.29) is 11.7 Å². The summed E-state index contributed by atoms with van der Waals surface area (Å²) < 4.78 is 0. The molecule has 0 radical (unpaired) electrons. The fourth-order valence-corrected chi connectivity index (χ4v) is 4.47. The van der Waals surface area contributed by atoms with Crippen molar-refractivity contribution in [1.82, 2.24) is 9.97 Å². The highest BCUT2D eigenvalue weighted by Crippen LogP contribution is 2.40. The van der Waals surface area contributed by atoms with Crippen LogP contribution >= 0.6 is 11.6 Å². The third kappa shape index (κ3) is 4.11. The summed E-state index contributed by atoms with van der Waals surface area (Å²) in [6.45, 7) is 8.29. The lowest BCUT2D eigenvalue weighted by Crippen LogP contribution is -2.07. The third-order valence-corrected chi connectivity index (χ3v) is 5.89. The van der Waals surface area contributed by atoms with Crippen LogP contribution in [0, 0.1) is 19.8 Å². The molecule has 0 aliphatic heterocycles. The zero-order valence-electron chi connectivity index (χ0n) is 18.2. The van der Waals surface area contributed by atoms with E-state index < -0.39 is 0 Å². The van der Waals surface area contributed by atoms with Crippen molar-refractivity contribution in [3.8, 4) is 22.3 Å². The summed E-state index contributed by atoms with van der Waals surface area (Å²) in [5.74, 6) is 0.324. The number of Topliss-reactive ketones (excluding diaryl/α,β-unsaturated/α-hetero) is 1. The zero-order chi connectivity index (χ0) is 22.1. The molecule has 2 aromatic carbocycles. The summed E-state index contributed by atoms with van der Waals surface area (Å²) in [7, 11) is 0. The third-order valence-electron chi connectivity index (χ3n) is 5.56. The van der Waals surface area contributed by atoms with Gasteiger partial charge in [-0.2, -0.15) is 0 Å². The highest BCUT2D eigenvalue weighted by atomic mass is 35.5. The lowest BCUT2D eigenvalue weighted by molar-refractivity contribution is 0.0963. The molecule has 4 heteroatoms. The predicted molar refractivity (Wildman–Crippen MR) is 129 cm³/mol. The van der Waals surface area contributed by atoms with Gasteiger partial charge in [0.05, 0.1) is 5.52 Å². The van der Waals surface area contributed by atoms with Crippen LogP contribution in [-0.2, 0) is 0 Å². The van der Waals surface area contributed by atoms with Crippen LogP contribution < -0.4 is 0 Å². The Hall–Kier alpha value is -3.04. The lowest BCUT2D eigenvalue weighted by atomic mass is 9.88. The van der Waals surface area contributed by atoms with Crippen LogP contribution in [0.15, 0.2) is 60.9 Å². The van der Waals surface area contributed by atoms with Gasteiger partial charge in [-0.3, -0.25) is 9.78 Å². The second-order valence-electron chi connectivity index (χ2n) is 8.38. The van der Waals surface area contributed by atoms with E-state index in [9.17, 15) is 4.79 Å². The number of benzene rings is 2. The molecule has 31 heavy (non-hydrogen) atoms. The number of aromatic nitrogens is 2. The first-order valence-electron chi connectivity index (χ1n) is 10.5. The van der Waals surface area contributed by atoms with Crippen molar-refractivity contribution in [1.29, 1.82) is 0 Å². The lowest BCUT2D eigenvalue weighted by Gasteiger charge is -2.18. The number of carbonyl (C=O) groups is 1. The summed E-state index contributed by atoms with van der Waals surface area (Å²) in [6, 6.07) is 15.8. The Labute approximate surface area is 188 Å². The molecule has 0 fully saturated rings. The largest absolute Gasteiger partial charge is 0.292 e. The summed E-state index contributed by atoms with van der Waals surface area (Å²) in [5.41, 5.74) is 7.65. The Morgan fingerprint density at radius 2 is 1.71 bits per heavy atom. The second-order valence-corrected chi connectivity index (χ2v) is 8.79. The first-order chi connectivity index (χ1) is 14.9. The first kappa shape index (κ1) is 21.2. The van der Waals surface area contributed by atoms with E-state index in [2.05, 4.69) is 24.9 Å². The van der Waals surface area contributed by atoms with Gasteiger partial charge in [0.15, 0.2) is 5.78 Å². The minimum Gasteiger partial charge on any atom is -0.292 e. The summed E-state index contributed by atoms with van der Waals surface area (Å²) in [6.07, 6.45) is 4.08. The number of halogens is 1. The number of fused-ring (bicyclic) bond motifs is 1. The van der Waals surface area contributed by atoms with Crippen LogP contribution in [0.1, 0.15) is 41.9 Å². The van der Waals surface area contributed by atoms with Crippen LogP contribution in [-0.4, -0.2) is 15.8 Å². The van der Waals surface area contributed by atoms with E-state index in [1.165, 1.54) is 0 Å². The number of ketones is 1. The number of pyridine rings is 2. The topological polar surface area (TPSA) is 42.9 Å². The monoisotopic (exact) mass is 428 g/mol. The molecule has 4 aromatic rings. The molecule has 0 aliphatic rings. The normalized spacial score (nSPS) is 11.3. The summed E-state index contributed by atoms with van der Waals surface area (Å²) in [4.78, 5) is 21.9. The Morgan fingerprint density at radius 3 is 2.39 bits per heavy atom. The molecule has 0 amide bonds. The molecule has 3 nitrogen and oxygen atoms in total. The van der Waals surface area contributed by atoms with Crippen LogP contribution in [0.2, 0.25) is 5.02 Å². The molecule has 4 rings (SSSR count). The fourth-order valence-electron chi connectivity index (χ4n) is 4.23. The van der Waals surface area contributed by atoms with Crippen molar-refractivity contribution in [3.63, 3.8) is 0 Å². The van der Waals surface area contributed by atoms with Crippen molar-refractivity contribution >= 4 is 28.3 Å². The minimum absolute atomic E-state index is 0.0544. The van der Waals surface area contributed by atoms with Crippen LogP contribution in [0.4, 0.5) is 0 Å². The number of nitrogens with zero attached hydrogens (tertiary/aromatic N) is 2. The van der Waals surface area contributed by atoms with E-state index in [1.807, 2.05) is 56.3 Å². The molecule has 0 bridgehead atoms. The molecular formula is C27H25ClN2O. The highest BCUT2D eigenvalue weighted by Gasteiger charge is 2.20. The maximum atomic E-state index is 12.9. The molecule has 156 valence electrons. The van der Waals surface area contributed by atoms with Gasteiger partial charge < -0.3 is 0 Å². The number of hydrogen-bond donors (Lipinski definition) is 0. The Bertz CT molecular complexity index is 1280. The summed E-state index contributed by atoms with van der Waals surface area (Å²) >= 11 is 6.60. The van der Waals surface area contributed by atoms with Gasteiger partial charge in [-0.1, -0.05) is 43.6 Å².